The number of amides is 1. The average Bonchev–Trinajstić information content (AvgIpc) is 3.48. The minimum absolute atomic E-state index is 0.153. The molecule has 1 aliphatic carbocycles. The Morgan fingerprint density at radius 1 is 1.12 bits per heavy atom. The molecule has 1 N–H and O–H groups in total. The van der Waals surface area contributed by atoms with E-state index in [1.165, 1.54) is 16.9 Å². The molecule has 1 aliphatic heterocycles. The molecule has 0 atom stereocenters. The average molecular weight is 501 g/mol. The van der Waals surface area contributed by atoms with Crippen molar-refractivity contribution in [3.8, 4) is 0 Å². The molecule has 0 radical (unpaired) electrons. The number of thiophene rings is 1. The standard InChI is InChI=1S/C25H25ClN2O3S2/c1-15-11-17-5-7-19(13-22(17)20(15)14-24(29)28-9-3-4-10-28)27-33(30,31)25-16(2)21-12-18(26)6-8-23(21)32-25/h5-8,12-13,27H,3-4,9-11,14H2,1-2H3. The molecule has 0 saturated carbocycles. The Morgan fingerprint density at radius 3 is 2.64 bits per heavy atom. The second-order valence-electron chi connectivity index (χ2n) is 8.83. The summed E-state index contributed by atoms with van der Waals surface area (Å²) in [5.74, 6) is 0.153. The van der Waals surface area contributed by atoms with E-state index < -0.39 is 10.0 Å². The third-order valence-electron chi connectivity index (χ3n) is 6.54. The van der Waals surface area contributed by atoms with Crippen LogP contribution in [0.15, 0.2) is 46.2 Å². The Kier molecular flexibility index (Phi) is 5.75. The highest BCUT2D eigenvalue weighted by atomic mass is 35.5. The summed E-state index contributed by atoms with van der Waals surface area (Å²) < 4.78 is 30.5. The van der Waals surface area contributed by atoms with Gasteiger partial charge in [-0.25, -0.2) is 8.42 Å². The van der Waals surface area contributed by atoms with E-state index in [0.29, 0.717) is 22.7 Å². The van der Waals surface area contributed by atoms with Crippen LogP contribution in [-0.4, -0.2) is 32.3 Å². The monoisotopic (exact) mass is 500 g/mol. The Morgan fingerprint density at radius 2 is 1.88 bits per heavy atom. The SMILES string of the molecule is CC1=C(CC(=O)N2CCCC2)c2cc(NS(=O)(=O)c3sc4ccc(Cl)cc4c3C)ccc2C1. The molecule has 0 bridgehead atoms. The van der Waals surface area contributed by atoms with Gasteiger partial charge in [-0.05, 0) is 91.1 Å². The Hall–Kier alpha value is -2.35. The van der Waals surface area contributed by atoms with Gasteiger partial charge in [0.25, 0.3) is 10.0 Å². The molecule has 1 aromatic heterocycles. The number of likely N-dealkylation sites (tertiary alicyclic amines) is 1. The fourth-order valence-corrected chi connectivity index (χ4v) is 7.77. The normalized spacial score (nSPS) is 16.0. The maximum atomic E-state index is 13.3. The number of benzene rings is 2. The van der Waals surface area contributed by atoms with Gasteiger partial charge in [0.15, 0.2) is 0 Å². The minimum Gasteiger partial charge on any atom is -0.342 e. The van der Waals surface area contributed by atoms with Crippen LogP contribution in [0.3, 0.4) is 0 Å². The van der Waals surface area contributed by atoms with Crippen molar-refractivity contribution in [2.75, 3.05) is 17.8 Å². The van der Waals surface area contributed by atoms with Crippen LogP contribution in [0.25, 0.3) is 15.7 Å². The summed E-state index contributed by atoms with van der Waals surface area (Å²) in [7, 11) is -3.77. The van der Waals surface area contributed by atoms with Crippen molar-refractivity contribution < 1.29 is 13.2 Å². The first-order chi connectivity index (χ1) is 15.7. The van der Waals surface area contributed by atoms with Gasteiger partial charge in [0.1, 0.15) is 4.21 Å². The lowest BCUT2D eigenvalue weighted by Crippen LogP contribution is -2.27. The van der Waals surface area contributed by atoms with Gasteiger partial charge in [-0.15, -0.1) is 11.3 Å². The van der Waals surface area contributed by atoms with Crippen molar-refractivity contribution in [2.24, 2.45) is 0 Å². The summed E-state index contributed by atoms with van der Waals surface area (Å²) >= 11 is 7.35. The number of fused-ring (bicyclic) bond motifs is 2. The fraction of sp³-hybridized carbons (Fsp3) is 0.320. The number of halogens is 1. The maximum absolute atomic E-state index is 13.3. The van der Waals surface area contributed by atoms with Gasteiger partial charge in [0.05, 0.1) is 6.42 Å². The zero-order valence-electron chi connectivity index (χ0n) is 18.6. The highest BCUT2D eigenvalue weighted by molar-refractivity contribution is 7.94. The molecule has 2 aliphatic rings. The molecule has 2 heterocycles. The summed E-state index contributed by atoms with van der Waals surface area (Å²) in [5, 5.41) is 1.43. The topological polar surface area (TPSA) is 66.5 Å². The van der Waals surface area contributed by atoms with E-state index in [4.69, 9.17) is 11.6 Å². The molecule has 1 amide bonds. The quantitative estimate of drug-likeness (QED) is 0.466. The molecule has 33 heavy (non-hydrogen) atoms. The van der Waals surface area contributed by atoms with Gasteiger partial charge in [0.2, 0.25) is 5.91 Å². The number of rotatable bonds is 5. The van der Waals surface area contributed by atoms with Gasteiger partial charge in [0, 0.05) is 28.5 Å². The zero-order valence-corrected chi connectivity index (χ0v) is 21.0. The first-order valence-corrected chi connectivity index (χ1v) is 13.7. The van der Waals surface area contributed by atoms with Gasteiger partial charge < -0.3 is 4.90 Å². The van der Waals surface area contributed by atoms with Crippen LogP contribution in [0.1, 0.15) is 42.9 Å². The summed E-state index contributed by atoms with van der Waals surface area (Å²) in [6.45, 7) is 5.53. The van der Waals surface area contributed by atoms with Crippen molar-refractivity contribution in [3.05, 3.63) is 63.7 Å². The molecule has 5 rings (SSSR count). The Balaban J connectivity index is 1.43. The predicted octanol–water partition coefficient (Wildman–Crippen LogP) is 6.01. The van der Waals surface area contributed by atoms with Gasteiger partial charge in [-0.2, -0.15) is 0 Å². The molecular weight excluding hydrogens is 476 g/mol. The van der Waals surface area contributed by atoms with E-state index in [2.05, 4.69) is 11.6 Å². The van der Waals surface area contributed by atoms with Crippen molar-refractivity contribution in [1.82, 2.24) is 4.90 Å². The van der Waals surface area contributed by atoms with Crippen LogP contribution in [0.2, 0.25) is 5.02 Å². The molecular formula is C25H25ClN2O3S2. The number of sulfonamides is 1. The van der Waals surface area contributed by atoms with Gasteiger partial charge in [-0.3, -0.25) is 9.52 Å². The van der Waals surface area contributed by atoms with Crippen LogP contribution in [0.5, 0.6) is 0 Å². The van der Waals surface area contributed by atoms with Crippen LogP contribution in [-0.2, 0) is 21.2 Å². The first kappa shape index (κ1) is 22.4. The predicted molar refractivity (Wildman–Crippen MR) is 136 cm³/mol. The molecule has 1 fully saturated rings. The smallest absolute Gasteiger partial charge is 0.271 e. The molecule has 3 aromatic rings. The van der Waals surface area contributed by atoms with Crippen molar-refractivity contribution >= 4 is 60.2 Å². The number of carbonyl (C=O) groups excluding carboxylic acids is 1. The molecule has 0 unspecified atom stereocenters. The summed E-state index contributed by atoms with van der Waals surface area (Å²) in [4.78, 5) is 14.7. The number of carbonyl (C=O) groups is 1. The second-order valence-corrected chi connectivity index (χ2v) is 12.2. The van der Waals surface area contributed by atoms with Crippen LogP contribution >= 0.6 is 22.9 Å². The fourth-order valence-electron chi connectivity index (χ4n) is 4.80. The van der Waals surface area contributed by atoms with Crippen molar-refractivity contribution in [2.45, 2.75) is 43.7 Å². The van der Waals surface area contributed by atoms with E-state index in [1.807, 2.05) is 23.1 Å². The molecule has 2 aromatic carbocycles. The minimum atomic E-state index is -3.77. The number of nitrogens with one attached hydrogen (secondary N) is 1. The molecule has 8 heteroatoms. The lowest BCUT2D eigenvalue weighted by Gasteiger charge is -2.17. The van der Waals surface area contributed by atoms with Crippen molar-refractivity contribution in [3.63, 3.8) is 0 Å². The summed E-state index contributed by atoms with van der Waals surface area (Å²) in [6, 6.07) is 11.0. The second kappa shape index (κ2) is 8.46. The zero-order chi connectivity index (χ0) is 23.3. The number of anilines is 1. The Labute approximate surface area is 203 Å². The highest BCUT2D eigenvalue weighted by Crippen LogP contribution is 2.39. The lowest BCUT2D eigenvalue weighted by atomic mass is 10.0. The van der Waals surface area contributed by atoms with Gasteiger partial charge in [-0.1, -0.05) is 23.2 Å². The third-order valence-corrected chi connectivity index (χ3v) is 10.1. The number of hydrogen-bond acceptors (Lipinski definition) is 4. The van der Waals surface area contributed by atoms with Crippen LogP contribution in [0, 0.1) is 6.92 Å². The summed E-state index contributed by atoms with van der Waals surface area (Å²) in [6.07, 6.45) is 3.29. The van der Waals surface area contributed by atoms with E-state index in [-0.39, 0.29) is 10.1 Å². The number of hydrogen-bond donors (Lipinski definition) is 1. The molecule has 5 nitrogen and oxygen atoms in total. The van der Waals surface area contributed by atoms with E-state index in [0.717, 1.165) is 59.1 Å². The van der Waals surface area contributed by atoms with E-state index >= 15 is 0 Å². The molecule has 1 saturated heterocycles. The van der Waals surface area contributed by atoms with Gasteiger partial charge >= 0.3 is 0 Å². The maximum Gasteiger partial charge on any atom is 0.271 e. The number of nitrogens with zero attached hydrogens (tertiary/aromatic N) is 1. The number of allylic oxidation sites excluding steroid dienone is 1. The highest BCUT2D eigenvalue weighted by Gasteiger charge is 2.27. The largest absolute Gasteiger partial charge is 0.342 e. The summed E-state index contributed by atoms with van der Waals surface area (Å²) in [5.41, 5.74) is 5.50. The number of aryl methyl sites for hydroxylation is 1. The van der Waals surface area contributed by atoms with E-state index in [9.17, 15) is 13.2 Å². The molecule has 0 spiro atoms. The lowest BCUT2D eigenvalue weighted by molar-refractivity contribution is -0.128. The molecule has 172 valence electrons. The third kappa shape index (κ3) is 4.18. The van der Waals surface area contributed by atoms with Crippen LogP contribution in [0.4, 0.5) is 5.69 Å². The Bertz CT molecular complexity index is 1420. The van der Waals surface area contributed by atoms with E-state index in [1.54, 1.807) is 25.1 Å². The van der Waals surface area contributed by atoms with Crippen molar-refractivity contribution in [1.29, 1.82) is 0 Å². The first-order valence-electron chi connectivity index (χ1n) is 11.0. The van der Waals surface area contributed by atoms with Crippen LogP contribution < -0.4 is 4.72 Å².